The van der Waals surface area contributed by atoms with Crippen molar-refractivity contribution in [1.82, 2.24) is 0 Å². The first-order valence-electron chi connectivity index (χ1n) is 7.48. The Bertz CT molecular complexity index is 405. The number of carbonyl (C=O) groups is 4. The molecule has 6 nitrogen and oxygen atoms in total. The summed E-state index contributed by atoms with van der Waals surface area (Å²) in [5.41, 5.74) is 4.99. The summed E-state index contributed by atoms with van der Waals surface area (Å²) in [4.78, 5) is 45.4. The number of amides is 1. The molecular weight excluding hydrogens is 274 g/mol. The molecule has 1 unspecified atom stereocenters. The first-order chi connectivity index (χ1) is 9.97. The van der Waals surface area contributed by atoms with Gasteiger partial charge in [0.15, 0.2) is 0 Å². The molecule has 1 heterocycles. The third-order valence-corrected chi connectivity index (χ3v) is 3.53. The van der Waals surface area contributed by atoms with Gasteiger partial charge in [0.1, 0.15) is 17.7 Å². The number of nitrogens with two attached hydrogens (primary N) is 1. The summed E-state index contributed by atoms with van der Waals surface area (Å²) < 4.78 is 5.32. The molecule has 6 heteroatoms. The Morgan fingerprint density at radius 3 is 2.48 bits per heavy atom. The summed E-state index contributed by atoms with van der Waals surface area (Å²) in [7, 11) is 0. The number of esters is 1. The van der Waals surface area contributed by atoms with E-state index in [2.05, 4.69) is 0 Å². The molecule has 1 aliphatic rings. The van der Waals surface area contributed by atoms with Crippen molar-refractivity contribution in [1.29, 1.82) is 0 Å². The maximum absolute atomic E-state index is 11.6. The van der Waals surface area contributed by atoms with Crippen molar-refractivity contribution in [2.45, 2.75) is 70.3 Å². The summed E-state index contributed by atoms with van der Waals surface area (Å²) in [6.07, 6.45) is 3.47. The second-order valence-electron chi connectivity index (χ2n) is 5.44. The quantitative estimate of drug-likeness (QED) is 0.747. The molecule has 0 saturated carbocycles. The van der Waals surface area contributed by atoms with Crippen LogP contribution in [0.25, 0.3) is 0 Å². The lowest BCUT2D eigenvalue weighted by atomic mass is 10.00. The van der Waals surface area contributed by atoms with Crippen LogP contribution >= 0.6 is 0 Å². The first kappa shape index (κ1) is 17.3. The number of carbonyl (C=O) groups excluding carboxylic acids is 4. The van der Waals surface area contributed by atoms with Crippen molar-refractivity contribution in [2.75, 3.05) is 0 Å². The largest absolute Gasteiger partial charge is 0.462 e. The lowest BCUT2D eigenvalue weighted by Crippen LogP contribution is -2.22. The van der Waals surface area contributed by atoms with Gasteiger partial charge in [0.25, 0.3) is 0 Å². The highest BCUT2D eigenvalue weighted by Crippen LogP contribution is 2.17. The maximum Gasteiger partial charge on any atom is 0.306 e. The van der Waals surface area contributed by atoms with Gasteiger partial charge in [0, 0.05) is 38.5 Å². The predicted molar refractivity (Wildman–Crippen MR) is 75.3 cm³/mol. The van der Waals surface area contributed by atoms with E-state index in [1.165, 1.54) is 0 Å². The van der Waals surface area contributed by atoms with Crippen LogP contribution in [0.1, 0.15) is 64.2 Å². The van der Waals surface area contributed by atoms with Crippen LogP contribution in [-0.4, -0.2) is 29.5 Å². The Balaban J connectivity index is 2.40. The van der Waals surface area contributed by atoms with E-state index in [0.717, 1.165) is 6.42 Å². The van der Waals surface area contributed by atoms with Crippen LogP contribution in [-0.2, 0) is 23.9 Å². The number of primary amides is 1. The number of ketones is 2. The monoisotopic (exact) mass is 297 g/mol. The number of rotatable bonds is 6. The number of hydrogen-bond donors (Lipinski definition) is 1. The van der Waals surface area contributed by atoms with Gasteiger partial charge in [-0.05, 0) is 25.7 Å². The zero-order valence-corrected chi connectivity index (χ0v) is 12.3. The summed E-state index contributed by atoms with van der Waals surface area (Å²) in [6.45, 7) is 0. The maximum atomic E-state index is 11.6. The zero-order valence-electron chi connectivity index (χ0n) is 12.3. The molecule has 1 amide bonds. The molecule has 0 aromatic rings. The molecule has 0 spiro atoms. The second-order valence-corrected chi connectivity index (χ2v) is 5.44. The number of Topliss-reactive ketones (excluding diaryl/α,β-unsaturated/α-hetero) is 2. The minimum Gasteiger partial charge on any atom is -0.462 e. The highest BCUT2D eigenvalue weighted by molar-refractivity contribution is 5.84. The van der Waals surface area contributed by atoms with Crippen molar-refractivity contribution in [3.05, 3.63) is 0 Å². The van der Waals surface area contributed by atoms with E-state index in [9.17, 15) is 19.2 Å². The Hall–Kier alpha value is -1.72. The number of hydrogen-bond acceptors (Lipinski definition) is 5. The number of ether oxygens (including phenoxy) is 1. The lowest BCUT2D eigenvalue weighted by Gasteiger charge is -2.18. The Kier molecular flexibility index (Phi) is 7.64. The molecule has 1 fully saturated rings. The smallest absolute Gasteiger partial charge is 0.306 e. The van der Waals surface area contributed by atoms with Gasteiger partial charge in [0.2, 0.25) is 5.91 Å². The van der Waals surface area contributed by atoms with Gasteiger partial charge in [-0.25, -0.2) is 0 Å². The first-order valence-corrected chi connectivity index (χ1v) is 7.48. The fourth-order valence-electron chi connectivity index (χ4n) is 2.26. The van der Waals surface area contributed by atoms with Crippen LogP contribution in [0.5, 0.6) is 0 Å². The molecule has 2 N–H and O–H groups in total. The molecule has 21 heavy (non-hydrogen) atoms. The fourth-order valence-corrected chi connectivity index (χ4v) is 2.26. The molecule has 0 aromatic carbocycles. The van der Waals surface area contributed by atoms with E-state index < -0.39 is 12.0 Å². The summed E-state index contributed by atoms with van der Waals surface area (Å²) in [5.74, 6) is -0.663. The van der Waals surface area contributed by atoms with Gasteiger partial charge in [0.05, 0.1) is 0 Å². The molecule has 1 saturated heterocycles. The SMILES string of the molecule is NC(=O)CCC(=O)CCC1CCC(=O)CCCCC(=O)O1. The highest BCUT2D eigenvalue weighted by atomic mass is 16.5. The second kappa shape index (κ2) is 9.26. The summed E-state index contributed by atoms with van der Waals surface area (Å²) >= 11 is 0. The average Bonchev–Trinajstić information content (AvgIpc) is 2.43. The van der Waals surface area contributed by atoms with Crippen molar-refractivity contribution in [2.24, 2.45) is 5.73 Å². The van der Waals surface area contributed by atoms with Gasteiger partial charge >= 0.3 is 5.97 Å². The third-order valence-electron chi connectivity index (χ3n) is 3.53. The Labute approximate surface area is 124 Å². The molecule has 0 aliphatic carbocycles. The zero-order chi connectivity index (χ0) is 15.7. The van der Waals surface area contributed by atoms with Gasteiger partial charge in [-0.1, -0.05) is 0 Å². The normalized spacial score (nSPS) is 20.7. The lowest BCUT2D eigenvalue weighted by molar-refractivity contribution is -0.151. The van der Waals surface area contributed by atoms with Crippen molar-refractivity contribution in [3.8, 4) is 0 Å². The average molecular weight is 297 g/mol. The van der Waals surface area contributed by atoms with Gasteiger partial charge in [-0.3, -0.25) is 19.2 Å². The Morgan fingerprint density at radius 1 is 1.05 bits per heavy atom. The fraction of sp³-hybridized carbons (Fsp3) is 0.733. The molecular formula is C15H23NO5. The predicted octanol–water partition coefficient (Wildman–Crippen LogP) is 1.44. The van der Waals surface area contributed by atoms with Gasteiger partial charge < -0.3 is 10.5 Å². The van der Waals surface area contributed by atoms with E-state index in [1.54, 1.807) is 0 Å². The standard InChI is InChI=1S/C15H23NO5/c16-14(19)10-7-12(18)6-9-13-8-5-11(17)3-1-2-4-15(20)21-13/h13H,1-10H2,(H2,16,19). The molecule has 0 aromatic heterocycles. The molecule has 1 rings (SSSR count). The van der Waals surface area contributed by atoms with Crippen LogP contribution in [0.3, 0.4) is 0 Å². The summed E-state index contributed by atoms with van der Waals surface area (Å²) in [5, 5.41) is 0. The van der Waals surface area contributed by atoms with Crippen LogP contribution in [0, 0.1) is 0 Å². The minimum absolute atomic E-state index is 0.0434. The van der Waals surface area contributed by atoms with Crippen LogP contribution < -0.4 is 5.73 Å². The van der Waals surface area contributed by atoms with E-state index in [1.807, 2.05) is 0 Å². The van der Waals surface area contributed by atoms with E-state index in [-0.39, 0.29) is 36.8 Å². The van der Waals surface area contributed by atoms with Crippen LogP contribution in [0.15, 0.2) is 0 Å². The summed E-state index contributed by atoms with van der Waals surface area (Å²) in [6, 6.07) is 0. The van der Waals surface area contributed by atoms with Crippen molar-refractivity contribution >= 4 is 23.4 Å². The highest BCUT2D eigenvalue weighted by Gasteiger charge is 2.19. The van der Waals surface area contributed by atoms with E-state index in [4.69, 9.17) is 10.5 Å². The van der Waals surface area contributed by atoms with Crippen LogP contribution in [0.4, 0.5) is 0 Å². The third kappa shape index (κ3) is 8.22. The molecule has 118 valence electrons. The van der Waals surface area contributed by atoms with Gasteiger partial charge in [-0.15, -0.1) is 0 Å². The van der Waals surface area contributed by atoms with Crippen LogP contribution in [0.2, 0.25) is 0 Å². The minimum atomic E-state index is -0.501. The van der Waals surface area contributed by atoms with E-state index >= 15 is 0 Å². The topological polar surface area (TPSA) is 104 Å². The molecule has 0 radical (unpaired) electrons. The number of cyclic esters (lactones) is 1. The van der Waals surface area contributed by atoms with E-state index in [0.29, 0.717) is 38.5 Å². The van der Waals surface area contributed by atoms with Crippen molar-refractivity contribution in [3.63, 3.8) is 0 Å². The molecule has 0 bridgehead atoms. The van der Waals surface area contributed by atoms with Crippen molar-refractivity contribution < 1.29 is 23.9 Å². The molecule has 1 atom stereocenters. The molecule has 1 aliphatic heterocycles. The van der Waals surface area contributed by atoms with Gasteiger partial charge in [-0.2, -0.15) is 0 Å². The Morgan fingerprint density at radius 2 is 1.76 bits per heavy atom.